The Morgan fingerprint density at radius 3 is 2.24 bits per heavy atom. The second-order valence-electron chi connectivity index (χ2n) is 8.51. The fourth-order valence-electron chi connectivity index (χ4n) is 3.61. The Hall–Kier alpha value is -3.18. The predicted octanol–water partition coefficient (Wildman–Crippen LogP) is 6.26. The van der Waals surface area contributed by atoms with Crippen molar-refractivity contribution in [1.29, 1.82) is 0 Å². The molecule has 2 aromatic carbocycles. The summed E-state index contributed by atoms with van der Waals surface area (Å²) in [6.45, 7) is 4.41. The molecule has 0 bridgehead atoms. The molecule has 0 unspecified atom stereocenters. The number of hydrogen-bond donors (Lipinski definition) is 2. The monoisotopic (exact) mass is 462 g/mol. The van der Waals surface area contributed by atoms with E-state index in [9.17, 15) is 9.59 Å². The molecule has 34 heavy (non-hydrogen) atoms. The van der Waals surface area contributed by atoms with Crippen molar-refractivity contribution >= 4 is 29.1 Å². The average molecular weight is 463 g/mol. The number of aliphatic hydroxyl groups excluding tert-OH is 1. The van der Waals surface area contributed by atoms with Gasteiger partial charge in [-0.05, 0) is 67.3 Å². The van der Waals surface area contributed by atoms with Crippen LogP contribution in [0.4, 0.5) is 11.4 Å². The van der Waals surface area contributed by atoms with Gasteiger partial charge in [-0.25, -0.2) is 0 Å². The van der Waals surface area contributed by atoms with Gasteiger partial charge < -0.3 is 15.3 Å². The van der Waals surface area contributed by atoms with E-state index in [0.29, 0.717) is 24.2 Å². The normalized spacial score (nSPS) is 10.9. The highest BCUT2D eigenvalue weighted by molar-refractivity contribution is 6.07. The van der Waals surface area contributed by atoms with E-state index >= 15 is 0 Å². The van der Waals surface area contributed by atoms with Crippen LogP contribution in [0, 0.1) is 0 Å². The van der Waals surface area contributed by atoms with Crippen molar-refractivity contribution < 1.29 is 14.7 Å². The summed E-state index contributed by atoms with van der Waals surface area (Å²) in [6.07, 6.45) is 13.7. The molecule has 0 heterocycles. The lowest BCUT2D eigenvalue weighted by molar-refractivity contribution is -0.116. The molecule has 182 valence electrons. The zero-order valence-corrected chi connectivity index (χ0v) is 20.3. The van der Waals surface area contributed by atoms with Crippen molar-refractivity contribution in [1.82, 2.24) is 0 Å². The number of unbranched alkanes of at least 4 members (excludes halogenated alkanes) is 6. The van der Waals surface area contributed by atoms with Crippen LogP contribution in [-0.2, 0) is 4.79 Å². The first-order chi connectivity index (χ1) is 16.5. The lowest BCUT2D eigenvalue weighted by Gasteiger charge is -2.17. The van der Waals surface area contributed by atoms with E-state index in [0.717, 1.165) is 30.5 Å². The number of allylic oxidation sites excluding steroid dienone is 2. The summed E-state index contributed by atoms with van der Waals surface area (Å²) in [7, 11) is 1.92. The highest BCUT2D eigenvalue weighted by atomic mass is 16.3. The van der Waals surface area contributed by atoms with Gasteiger partial charge in [-0.3, -0.25) is 9.59 Å². The number of likely N-dealkylation sites (N-methyl/N-ethyl adjacent to an activating group) is 1. The molecule has 0 atom stereocenters. The highest BCUT2D eigenvalue weighted by Crippen LogP contribution is 2.16. The fourth-order valence-corrected chi connectivity index (χ4v) is 3.61. The summed E-state index contributed by atoms with van der Waals surface area (Å²) in [4.78, 5) is 26.6. The Labute approximate surface area is 204 Å². The van der Waals surface area contributed by atoms with Crippen LogP contribution in [-0.4, -0.2) is 37.0 Å². The first-order valence-corrected chi connectivity index (χ1v) is 12.2. The van der Waals surface area contributed by atoms with Crippen LogP contribution in [0.3, 0.4) is 0 Å². The fraction of sp³-hybridized carbons (Fsp3) is 0.379. The summed E-state index contributed by atoms with van der Waals surface area (Å²) >= 11 is 0. The lowest BCUT2D eigenvalue weighted by atomic mass is 10.1. The number of ketones is 1. The maximum atomic E-state index is 12.5. The second kappa shape index (κ2) is 15.6. The van der Waals surface area contributed by atoms with Gasteiger partial charge in [0.1, 0.15) is 0 Å². The molecule has 2 rings (SSSR count). The minimum atomic E-state index is -0.0903. The van der Waals surface area contributed by atoms with Gasteiger partial charge in [0.2, 0.25) is 5.91 Å². The Morgan fingerprint density at radius 2 is 1.59 bits per heavy atom. The average Bonchev–Trinajstić information content (AvgIpc) is 2.85. The summed E-state index contributed by atoms with van der Waals surface area (Å²) in [5, 5.41) is 11.9. The number of anilines is 2. The summed E-state index contributed by atoms with van der Waals surface area (Å²) < 4.78 is 0. The third kappa shape index (κ3) is 10.2. The molecule has 0 aliphatic heterocycles. The van der Waals surface area contributed by atoms with Crippen molar-refractivity contribution in [3.05, 3.63) is 78.4 Å². The Morgan fingerprint density at radius 1 is 0.941 bits per heavy atom. The summed E-state index contributed by atoms with van der Waals surface area (Å²) in [6, 6.07) is 14.8. The molecule has 0 aromatic heterocycles. The first kappa shape index (κ1) is 27.1. The number of rotatable bonds is 16. The maximum Gasteiger partial charge on any atom is 0.224 e. The lowest BCUT2D eigenvalue weighted by Crippen LogP contribution is -2.20. The van der Waals surface area contributed by atoms with E-state index in [1.807, 2.05) is 42.3 Å². The molecule has 0 aliphatic carbocycles. The first-order valence-electron chi connectivity index (χ1n) is 12.2. The number of benzene rings is 2. The Balaban J connectivity index is 1.74. The van der Waals surface area contributed by atoms with Crippen LogP contribution in [0.2, 0.25) is 0 Å². The minimum Gasteiger partial charge on any atom is -0.395 e. The van der Waals surface area contributed by atoms with Gasteiger partial charge in [0.05, 0.1) is 6.61 Å². The predicted molar refractivity (Wildman–Crippen MR) is 142 cm³/mol. The summed E-state index contributed by atoms with van der Waals surface area (Å²) in [5.41, 5.74) is 3.21. The van der Waals surface area contributed by atoms with Crippen LogP contribution in [0.25, 0.3) is 6.08 Å². The molecular weight excluding hydrogens is 424 g/mol. The van der Waals surface area contributed by atoms with E-state index < -0.39 is 0 Å². The van der Waals surface area contributed by atoms with Crippen molar-refractivity contribution in [2.24, 2.45) is 0 Å². The van der Waals surface area contributed by atoms with Gasteiger partial charge in [0, 0.05) is 37.0 Å². The van der Waals surface area contributed by atoms with Crippen molar-refractivity contribution in [2.45, 2.75) is 51.4 Å². The van der Waals surface area contributed by atoms with E-state index in [4.69, 9.17) is 5.11 Å². The van der Waals surface area contributed by atoms with Crippen LogP contribution >= 0.6 is 0 Å². The molecule has 2 N–H and O–H groups in total. The molecule has 5 nitrogen and oxygen atoms in total. The number of nitrogens with zero attached hydrogens (tertiary/aromatic N) is 1. The molecule has 0 saturated carbocycles. The SMILES string of the molecule is C=CCCCCCCCCC(=O)Nc1ccc(C(=O)/C=C/c2ccc(N(C)CCO)cc2)cc1. The molecule has 0 aliphatic rings. The van der Waals surface area contributed by atoms with Gasteiger partial charge in [-0.2, -0.15) is 0 Å². The van der Waals surface area contributed by atoms with E-state index in [2.05, 4.69) is 11.9 Å². The number of amides is 1. The smallest absolute Gasteiger partial charge is 0.224 e. The zero-order valence-electron chi connectivity index (χ0n) is 20.3. The third-order valence-electron chi connectivity index (χ3n) is 5.71. The molecular formula is C29H38N2O3. The molecule has 1 amide bonds. The van der Waals surface area contributed by atoms with E-state index in [-0.39, 0.29) is 18.3 Å². The second-order valence-corrected chi connectivity index (χ2v) is 8.51. The topological polar surface area (TPSA) is 69.6 Å². The molecule has 5 heteroatoms. The van der Waals surface area contributed by atoms with E-state index in [1.54, 1.807) is 36.4 Å². The van der Waals surface area contributed by atoms with Crippen molar-refractivity contribution in [3.63, 3.8) is 0 Å². The summed E-state index contributed by atoms with van der Waals surface area (Å²) in [5.74, 6) is -0.0776. The van der Waals surface area contributed by atoms with E-state index in [1.165, 1.54) is 25.7 Å². The minimum absolute atomic E-state index is 0.0127. The Kier molecular flexibility index (Phi) is 12.4. The van der Waals surface area contributed by atoms with Gasteiger partial charge in [0.25, 0.3) is 0 Å². The number of carbonyl (C=O) groups excluding carboxylic acids is 2. The van der Waals surface area contributed by atoms with Crippen LogP contribution in [0.1, 0.15) is 67.3 Å². The maximum absolute atomic E-state index is 12.5. The quantitative estimate of drug-likeness (QED) is 0.134. The number of aliphatic hydroxyl groups is 1. The van der Waals surface area contributed by atoms with Gasteiger partial charge in [-0.1, -0.05) is 50.0 Å². The Bertz CT molecular complexity index is 917. The molecule has 0 spiro atoms. The number of hydrogen-bond acceptors (Lipinski definition) is 4. The standard InChI is InChI=1S/C29H38N2O3/c1-3-4-5-6-7-8-9-10-11-29(34)30-26-17-15-25(16-18-26)28(33)21-14-24-12-19-27(20-13-24)31(2)22-23-32/h3,12-21,32H,1,4-11,22-23H2,2H3,(H,30,34)/b21-14+. The van der Waals surface area contributed by atoms with Crippen LogP contribution < -0.4 is 10.2 Å². The molecule has 0 fully saturated rings. The van der Waals surface area contributed by atoms with Crippen LogP contribution in [0.15, 0.2) is 67.3 Å². The highest BCUT2D eigenvalue weighted by Gasteiger charge is 2.05. The molecule has 0 radical (unpaired) electrons. The zero-order chi connectivity index (χ0) is 24.6. The van der Waals surface area contributed by atoms with Gasteiger partial charge >= 0.3 is 0 Å². The number of carbonyl (C=O) groups is 2. The van der Waals surface area contributed by atoms with Crippen molar-refractivity contribution in [2.75, 3.05) is 30.4 Å². The van der Waals surface area contributed by atoms with Gasteiger partial charge in [-0.15, -0.1) is 6.58 Å². The largest absolute Gasteiger partial charge is 0.395 e. The number of nitrogens with one attached hydrogen (secondary N) is 1. The van der Waals surface area contributed by atoms with Crippen molar-refractivity contribution in [3.8, 4) is 0 Å². The van der Waals surface area contributed by atoms with Gasteiger partial charge in [0.15, 0.2) is 5.78 Å². The third-order valence-corrected chi connectivity index (χ3v) is 5.71. The molecule has 2 aromatic rings. The molecule has 0 saturated heterocycles. The van der Waals surface area contributed by atoms with Crippen LogP contribution in [0.5, 0.6) is 0 Å².